The van der Waals surface area contributed by atoms with Crippen molar-refractivity contribution >= 4 is 17.3 Å². The molecule has 1 heterocycles. The van der Waals surface area contributed by atoms with Crippen molar-refractivity contribution in [3.05, 3.63) is 47.3 Å². The molecule has 0 amide bonds. The van der Waals surface area contributed by atoms with Gasteiger partial charge in [-0.3, -0.25) is 4.79 Å². The summed E-state index contributed by atoms with van der Waals surface area (Å²) >= 11 is 1.67. The number of benzene rings is 1. The number of thiophene rings is 1. The molecule has 1 atom stereocenters. The quantitative estimate of drug-likeness (QED) is 0.893. The van der Waals surface area contributed by atoms with Crippen LogP contribution >= 0.6 is 11.3 Å². The fourth-order valence-corrected chi connectivity index (χ4v) is 2.78. The van der Waals surface area contributed by atoms with E-state index in [1.807, 2.05) is 24.3 Å². The zero-order valence-corrected chi connectivity index (χ0v) is 10.4. The monoisotopic (exact) mass is 246 g/mol. The normalized spacial score (nSPS) is 12.3. The zero-order chi connectivity index (χ0) is 12.3. The Bertz CT molecular complexity index is 502. The second kappa shape index (κ2) is 5.15. The lowest BCUT2D eigenvalue weighted by Crippen LogP contribution is -2.11. The van der Waals surface area contributed by atoms with Crippen molar-refractivity contribution in [2.45, 2.75) is 13.3 Å². The fraction of sp³-hybridized carbons (Fsp3) is 0.214. The van der Waals surface area contributed by atoms with E-state index < -0.39 is 5.97 Å². The SMILES string of the molecule is CC(Cc1ccc(-c2ccccc2)s1)C(=O)O. The highest BCUT2D eigenvalue weighted by Gasteiger charge is 2.13. The second-order valence-electron chi connectivity index (χ2n) is 4.08. The molecule has 17 heavy (non-hydrogen) atoms. The summed E-state index contributed by atoms with van der Waals surface area (Å²) in [5.74, 6) is -1.06. The van der Waals surface area contributed by atoms with Crippen molar-refractivity contribution in [3.8, 4) is 10.4 Å². The third kappa shape index (κ3) is 2.94. The minimum atomic E-state index is -0.736. The van der Waals surface area contributed by atoms with Gasteiger partial charge in [-0.2, -0.15) is 0 Å². The Hall–Kier alpha value is -1.61. The summed E-state index contributed by atoms with van der Waals surface area (Å²) in [7, 11) is 0. The molecule has 2 rings (SSSR count). The van der Waals surface area contributed by atoms with Crippen LogP contribution in [0.2, 0.25) is 0 Å². The Morgan fingerprint density at radius 1 is 1.24 bits per heavy atom. The average molecular weight is 246 g/mol. The van der Waals surface area contributed by atoms with E-state index in [0.29, 0.717) is 6.42 Å². The fourth-order valence-electron chi connectivity index (χ4n) is 1.63. The third-order valence-corrected chi connectivity index (χ3v) is 3.81. The summed E-state index contributed by atoms with van der Waals surface area (Å²) in [6, 6.07) is 14.2. The van der Waals surface area contributed by atoms with Gasteiger partial charge in [0.1, 0.15) is 0 Å². The molecule has 88 valence electrons. The van der Waals surface area contributed by atoms with Gasteiger partial charge in [-0.15, -0.1) is 11.3 Å². The third-order valence-electron chi connectivity index (χ3n) is 2.65. The first kappa shape index (κ1) is 11.9. The van der Waals surface area contributed by atoms with Crippen molar-refractivity contribution in [1.82, 2.24) is 0 Å². The van der Waals surface area contributed by atoms with Crippen molar-refractivity contribution in [1.29, 1.82) is 0 Å². The van der Waals surface area contributed by atoms with Gasteiger partial charge in [-0.05, 0) is 24.1 Å². The van der Waals surface area contributed by atoms with Crippen molar-refractivity contribution in [2.75, 3.05) is 0 Å². The van der Waals surface area contributed by atoms with Gasteiger partial charge in [-0.25, -0.2) is 0 Å². The molecule has 2 aromatic rings. The highest BCUT2D eigenvalue weighted by Crippen LogP contribution is 2.29. The molecular weight excluding hydrogens is 232 g/mol. The number of hydrogen-bond acceptors (Lipinski definition) is 2. The highest BCUT2D eigenvalue weighted by molar-refractivity contribution is 7.15. The van der Waals surface area contributed by atoms with Gasteiger partial charge in [0, 0.05) is 9.75 Å². The maximum Gasteiger partial charge on any atom is 0.306 e. The second-order valence-corrected chi connectivity index (χ2v) is 5.24. The van der Waals surface area contributed by atoms with Crippen molar-refractivity contribution in [2.24, 2.45) is 5.92 Å². The van der Waals surface area contributed by atoms with Crippen LogP contribution in [-0.2, 0) is 11.2 Å². The van der Waals surface area contributed by atoms with Gasteiger partial charge in [0.2, 0.25) is 0 Å². The summed E-state index contributed by atoms with van der Waals surface area (Å²) in [5.41, 5.74) is 1.19. The molecule has 1 unspecified atom stereocenters. The Labute approximate surface area is 105 Å². The molecule has 0 spiro atoms. The largest absolute Gasteiger partial charge is 0.481 e. The van der Waals surface area contributed by atoms with Crippen LogP contribution in [0.25, 0.3) is 10.4 Å². The molecule has 1 aromatic carbocycles. The van der Waals surface area contributed by atoms with Gasteiger partial charge in [-0.1, -0.05) is 37.3 Å². The number of aliphatic carboxylic acids is 1. The maximum absolute atomic E-state index is 10.8. The molecule has 0 saturated heterocycles. The Morgan fingerprint density at radius 2 is 1.94 bits per heavy atom. The molecule has 2 nitrogen and oxygen atoms in total. The first-order chi connectivity index (χ1) is 8.16. The average Bonchev–Trinajstić information content (AvgIpc) is 2.78. The van der Waals surface area contributed by atoms with E-state index in [9.17, 15) is 4.79 Å². The number of rotatable bonds is 4. The number of hydrogen-bond donors (Lipinski definition) is 1. The van der Waals surface area contributed by atoms with Crippen LogP contribution in [0.4, 0.5) is 0 Å². The predicted molar refractivity (Wildman–Crippen MR) is 70.3 cm³/mol. The number of carbonyl (C=O) groups is 1. The first-order valence-corrected chi connectivity index (χ1v) is 6.35. The molecule has 0 aliphatic heterocycles. The standard InChI is InChI=1S/C14H14O2S/c1-10(14(15)16)9-12-7-8-13(17-12)11-5-3-2-4-6-11/h2-8,10H,9H2,1H3,(H,15,16). The van der Waals surface area contributed by atoms with E-state index in [1.54, 1.807) is 18.3 Å². The smallest absolute Gasteiger partial charge is 0.306 e. The van der Waals surface area contributed by atoms with E-state index in [2.05, 4.69) is 18.2 Å². The van der Waals surface area contributed by atoms with Crippen LogP contribution in [0, 0.1) is 5.92 Å². The van der Waals surface area contributed by atoms with Crippen LogP contribution in [0.5, 0.6) is 0 Å². The molecule has 1 N–H and O–H groups in total. The van der Waals surface area contributed by atoms with E-state index in [4.69, 9.17) is 5.11 Å². The zero-order valence-electron chi connectivity index (χ0n) is 9.59. The molecule has 1 aromatic heterocycles. The van der Waals surface area contributed by atoms with Crippen LogP contribution < -0.4 is 0 Å². The van der Waals surface area contributed by atoms with Crippen LogP contribution in [0.3, 0.4) is 0 Å². The predicted octanol–water partition coefficient (Wildman–Crippen LogP) is 3.68. The van der Waals surface area contributed by atoms with Crippen molar-refractivity contribution in [3.63, 3.8) is 0 Å². The van der Waals surface area contributed by atoms with Gasteiger partial charge < -0.3 is 5.11 Å². The summed E-state index contributed by atoms with van der Waals surface area (Å²) in [4.78, 5) is 13.1. The minimum absolute atomic E-state index is 0.322. The summed E-state index contributed by atoms with van der Waals surface area (Å²) < 4.78 is 0. The molecule has 0 fully saturated rings. The van der Waals surface area contributed by atoms with Crippen LogP contribution in [0.1, 0.15) is 11.8 Å². The Kier molecular flexibility index (Phi) is 3.59. The summed E-state index contributed by atoms with van der Waals surface area (Å²) in [6.07, 6.45) is 0.604. The first-order valence-electron chi connectivity index (χ1n) is 5.54. The van der Waals surface area contributed by atoms with Gasteiger partial charge in [0.25, 0.3) is 0 Å². The van der Waals surface area contributed by atoms with E-state index in [0.717, 1.165) is 4.88 Å². The highest BCUT2D eigenvalue weighted by atomic mass is 32.1. The molecule has 0 aliphatic rings. The molecule has 0 radical (unpaired) electrons. The summed E-state index contributed by atoms with van der Waals surface area (Å²) in [6.45, 7) is 1.74. The maximum atomic E-state index is 10.8. The van der Waals surface area contributed by atoms with Crippen LogP contribution in [-0.4, -0.2) is 11.1 Å². The molecule has 0 saturated carbocycles. The lowest BCUT2D eigenvalue weighted by Gasteiger charge is -2.02. The summed E-state index contributed by atoms with van der Waals surface area (Å²) in [5, 5.41) is 8.87. The number of carboxylic acids is 1. The Morgan fingerprint density at radius 3 is 2.59 bits per heavy atom. The molecular formula is C14H14O2S. The van der Waals surface area contributed by atoms with Gasteiger partial charge in [0.15, 0.2) is 0 Å². The molecule has 3 heteroatoms. The van der Waals surface area contributed by atoms with Crippen molar-refractivity contribution < 1.29 is 9.90 Å². The van der Waals surface area contributed by atoms with Gasteiger partial charge >= 0.3 is 5.97 Å². The van der Waals surface area contributed by atoms with Crippen LogP contribution in [0.15, 0.2) is 42.5 Å². The van der Waals surface area contributed by atoms with E-state index >= 15 is 0 Å². The number of carboxylic acid groups (broad SMARTS) is 1. The minimum Gasteiger partial charge on any atom is -0.481 e. The lowest BCUT2D eigenvalue weighted by atomic mass is 10.1. The topological polar surface area (TPSA) is 37.3 Å². The molecule has 0 aliphatic carbocycles. The molecule has 0 bridgehead atoms. The van der Waals surface area contributed by atoms with E-state index in [-0.39, 0.29) is 5.92 Å². The Balaban J connectivity index is 2.14. The van der Waals surface area contributed by atoms with Gasteiger partial charge in [0.05, 0.1) is 5.92 Å². The van der Waals surface area contributed by atoms with E-state index in [1.165, 1.54) is 10.4 Å². The lowest BCUT2D eigenvalue weighted by molar-refractivity contribution is -0.141.